The van der Waals surface area contributed by atoms with Crippen molar-refractivity contribution in [2.45, 2.75) is 38.4 Å². The molecule has 1 aromatic heterocycles. The summed E-state index contributed by atoms with van der Waals surface area (Å²) in [6, 6.07) is 6.74. The molecule has 1 amide bonds. The van der Waals surface area contributed by atoms with Crippen molar-refractivity contribution in [3.05, 3.63) is 40.7 Å². The van der Waals surface area contributed by atoms with Crippen LogP contribution in [0.25, 0.3) is 0 Å². The van der Waals surface area contributed by atoms with E-state index in [9.17, 15) is 4.79 Å². The lowest BCUT2D eigenvalue weighted by Gasteiger charge is -2.12. The maximum Gasteiger partial charge on any atom is 0.633 e. The molecular weight excluding hydrogens is 410 g/mol. The van der Waals surface area contributed by atoms with Crippen LogP contribution in [-0.4, -0.2) is 50.1 Å². The van der Waals surface area contributed by atoms with Crippen molar-refractivity contribution in [1.29, 1.82) is 0 Å². The van der Waals surface area contributed by atoms with E-state index >= 15 is 0 Å². The van der Waals surface area contributed by atoms with Crippen LogP contribution < -0.4 is 11.1 Å². The summed E-state index contributed by atoms with van der Waals surface area (Å²) < 4.78 is 6.00. The predicted molar refractivity (Wildman–Crippen MR) is 105 cm³/mol. The molecule has 1 aromatic carbocycles. The van der Waals surface area contributed by atoms with Gasteiger partial charge in [0.2, 0.25) is 5.91 Å². The fourth-order valence-corrected chi connectivity index (χ4v) is 2.49. The summed E-state index contributed by atoms with van der Waals surface area (Å²) in [7, 11) is -1.77. The fourth-order valence-electron chi connectivity index (χ4n) is 2.37. The van der Waals surface area contributed by atoms with Gasteiger partial charge in [-0.05, 0) is 47.4 Å². The number of carbonyl (C=O) groups excluding carboxylic acids is 1. The first-order valence-electron chi connectivity index (χ1n) is 8.46. The Bertz CT molecular complexity index is 719. The smallest absolute Gasteiger partial charge is 0.402 e. The minimum absolute atomic E-state index is 0. The number of carbonyl (C=O) groups is 1. The second-order valence-corrected chi connectivity index (χ2v) is 6.33. The van der Waals surface area contributed by atoms with Gasteiger partial charge in [-0.2, -0.15) is 0 Å². The summed E-state index contributed by atoms with van der Waals surface area (Å²) >= 11 is 5.83. The second kappa shape index (κ2) is 12.7. The van der Waals surface area contributed by atoms with Crippen molar-refractivity contribution < 1.29 is 19.5 Å². The molecule has 0 bridgehead atoms. The normalized spacial score (nSPS) is 11.6. The van der Waals surface area contributed by atoms with Crippen LogP contribution in [-0.2, 0) is 22.5 Å². The average Bonchev–Trinajstić information content (AvgIpc) is 3.08. The number of hydrogen-bond donors (Lipinski definition) is 4. The lowest BCUT2D eigenvalue weighted by Crippen LogP contribution is -2.29. The Hall–Kier alpha value is -1.76. The topological polar surface area (TPSA) is 148 Å². The van der Waals surface area contributed by atoms with Gasteiger partial charge in [0, 0.05) is 18.2 Å². The van der Waals surface area contributed by atoms with E-state index in [2.05, 4.69) is 25.5 Å². The molecule has 10 nitrogen and oxygen atoms in total. The number of tetrazole rings is 1. The molecule has 154 valence electrons. The van der Waals surface area contributed by atoms with E-state index in [1.165, 1.54) is 4.68 Å². The average molecular weight is 433 g/mol. The number of benzene rings is 1. The van der Waals surface area contributed by atoms with E-state index in [1.807, 2.05) is 12.1 Å². The lowest BCUT2D eigenvalue weighted by atomic mass is 10.1. The van der Waals surface area contributed by atoms with E-state index in [-0.39, 0.29) is 31.5 Å². The minimum Gasteiger partial charge on any atom is -0.402 e. The number of aromatic nitrogens is 4. The summed E-state index contributed by atoms with van der Waals surface area (Å²) in [5, 5.41) is 31.9. The lowest BCUT2D eigenvalue weighted by molar-refractivity contribution is -0.122. The van der Waals surface area contributed by atoms with Gasteiger partial charge in [-0.1, -0.05) is 23.7 Å². The zero-order chi connectivity index (χ0) is 19.6. The Morgan fingerprint density at radius 3 is 2.71 bits per heavy atom. The molecule has 0 aliphatic heterocycles. The molecular formula is C15H23BCl2N6O4. The Labute approximate surface area is 174 Å². The van der Waals surface area contributed by atoms with Gasteiger partial charge in [0.25, 0.3) is 0 Å². The Kier molecular flexibility index (Phi) is 11.0. The van der Waals surface area contributed by atoms with Crippen LogP contribution in [0.3, 0.4) is 0 Å². The monoisotopic (exact) mass is 432 g/mol. The van der Waals surface area contributed by atoms with E-state index in [0.29, 0.717) is 36.7 Å². The SMILES string of the molecule is Cl.N[C@@H](CCCCOB(O)O)c1nnnn1CC(=O)NCc1ccc(Cl)cc1. The first kappa shape index (κ1) is 24.3. The van der Waals surface area contributed by atoms with E-state index in [1.54, 1.807) is 12.1 Å². The van der Waals surface area contributed by atoms with Crippen molar-refractivity contribution in [3.8, 4) is 0 Å². The van der Waals surface area contributed by atoms with Crippen LogP contribution in [0.15, 0.2) is 24.3 Å². The molecule has 5 N–H and O–H groups in total. The molecule has 0 aliphatic rings. The minimum atomic E-state index is -1.77. The highest BCUT2D eigenvalue weighted by Crippen LogP contribution is 2.14. The molecule has 0 aliphatic carbocycles. The number of nitrogens with zero attached hydrogens (tertiary/aromatic N) is 4. The van der Waals surface area contributed by atoms with Crippen LogP contribution >= 0.6 is 24.0 Å². The van der Waals surface area contributed by atoms with Crippen LogP contribution in [0.1, 0.15) is 36.7 Å². The van der Waals surface area contributed by atoms with Gasteiger partial charge in [0.05, 0.1) is 6.04 Å². The van der Waals surface area contributed by atoms with E-state index < -0.39 is 13.4 Å². The third-order valence-electron chi connectivity index (χ3n) is 3.76. The summed E-state index contributed by atoms with van der Waals surface area (Å²) in [4.78, 5) is 12.1. The van der Waals surface area contributed by atoms with Crippen LogP contribution in [0.2, 0.25) is 5.02 Å². The van der Waals surface area contributed by atoms with Gasteiger partial charge in [-0.25, -0.2) is 4.68 Å². The molecule has 1 atom stereocenters. The molecule has 28 heavy (non-hydrogen) atoms. The highest BCUT2D eigenvalue weighted by atomic mass is 35.5. The quantitative estimate of drug-likeness (QED) is 0.291. The van der Waals surface area contributed by atoms with Crippen molar-refractivity contribution in [1.82, 2.24) is 25.5 Å². The van der Waals surface area contributed by atoms with Crippen LogP contribution in [0.5, 0.6) is 0 Å². The number of amides is 1. The van der Waals surface area contributed by atoms with E-state index in [4.69, 9.17) is 27.4 Å². The summed E-state index contributed by atoms with van der Waals surface area (Å²) in [5.41, 5.74) is 7.02. The zero-order valence-electron chi connectivity index (χ0n) is 15.1. The molecule has 0 radical (unpaired) electrons. The van der Waals surface area contributed by atoms with Crippen molar-refractivity contribution >= 4 is 37.2 Å². The largest absolute Gasteiger partial charge is 0.633 e. The van der Waals surface area contributed by atoms with E-state index in [0.717, 1.165) is 5.56 Å². The molecule has 2 aromatic rings. The summed E-state index contributed by atoms with van der Waals surface area (Å²) in [6.07, 6.45) is 1.86. The molecule has 13 heteroatoms. The maximum absolute atomic E-state index is 12.1. The van der Waals surface area contributed by atoms with Crippen LogP contribution in [0, 0.1) is 0 Å². The first-order valence-corrected chi connectivity index (χ1v) is 8.84. The molecule has 0 spiro atoms. The molecule has 0 unspecified atom stereocenters. The highest BCUT2D eigenvalue weighted by Gasteiger charge is 2.17. The highest BCUT2D eigenvalue weighted by molar-refractivity contribution is 6.32. The standard InChI is InChI=1S/C15H22BClN6O4.ClH/c17-12-6-4-11(5-7-12)9-19-14(24)10-23-15(20-21-22-23)13(18)3-1-2-8-27-16(25)26;/h4-7,13,25-26H,1-3,8-10,18H2,(H,19,24);1H/t13-;/m0./s1. The van der Waals surface area contributed by atoms with Crippen molar-refractivity contribution in [2.24, 2.45) is 5.73 Å². The third-order valence-corrected chi connectivity index (χ3v) is 4.02. The van der Waals surface area contributed by atoms with Gasteiger partial charge in [0.1, 0.15) is 6.54 Å². The van der Waals surface area contributed by atoms with Gasteiger partial charge in [-0.15, -0.1) is 17.5 Å². The third kappa shape index (κ3) is 8.51. The molecule has 0 saturated heterocycles. The van der Waals surface area contributed by atoms with Gasteiger partial charge in [-0.3, -0.25) is 4.79 Å². The number of unbranched alkanes of at least 4 members (excludes halogenated alkanes) is 1. The predicted octanol–water partition coefficient (Wildman–Crippen LogP) is 0.221. The number of nitrogens with one attached hydrogen (secondary N) is 1. The van der Waals surface area contributed by atoms with Crippen molar-refractivity contribution in [3.63, 3.8) is 0 Å². The maximum atomic E-state index is 12.1. The second-order valence-electron chi connectivity index (χ2n) is 5.90. The molecule has 0 fully saturated rings. The zero-order valence-corrected chi connectivity index (χ0v) is 16.6. The Balaban J connectivity index is 0.00000392. The van der Waals surface area contributed by atoms with Gasteiger partial charge >= 0.3 is 7.32 Å². The van der Waals surface area contributed by atoms with Crippen molar-refractivity contribution in [2.75, 3.05) is 6.61 Å². The summed E-state index contributed by atoms with van der Waals surface area (Å²) in [6.45, 7) is 0.544. The first-order chi connectivity index (χ1) is 13.0. The summed E-state index contributed by atoms with van der Waals surface area (Å²) in [5.74, 6) is 0.177. The molecule has 2 rings (SSSR count). The van der Waals surface area contributed by atoms with Crippen LogP contribution in [0.4, 0.5) is 0 Å². The number of rotatable bonds is 11. The number of nitrogens with two attached hydrogens (primary N) is 1. The molecule has 0 saturated carbocycles. The Morgan fingerprint density at radius 2 is 2.04 bits per heavy atom. The Morgan fingerprint density at radius 1 is 1.32 bits per heavy atom. The van der Waals surface area contributed by atoms with Gasteiger partial charge in [0.15, 0.2) is 5.82 Å². The van der Waals surface area contributed by atoms with Gasteiger partial charge < -0.3 is 25.8 Å². The molecule has 1 heterocycles. The fraction of sp³-hybridized carbons (Fsp3) is 0.467. The number of hydrogen-bond acceptors (Lipinski definition) is 8. The number of halogens is 2.